The molecule has 5 heteroatoms. The van der Waals surface area contributed by atoms with Crippen molar-refractivity contribution in [3.05, 3.63) is 47.5 Å². The summed E-state index contributed by atoms with van der Waals surface area (Å²) in [4.78, 5) is 13.6. The first kappa shape index (κ1) is 15.4. The van der Waals surface area contributed by atoms with Crippen molar-refractivity contribution in [3.8, 4) is 0 Å². The molecule has 1 atom stereocenters. The Balaban J connectivity index is 3.25. The van der Waals surface area contributed by atoms with Crippen LogP contribution in [0.3, 0.4) is 0 Å². The quantitative estimate of drug-likeness (QED) is 0.782. The number of hydrogen-bond donors (Lipinski definition) is 0. The molecule has 0 saturated carbocycles. The van der Waals surface area contributed by atoms with Gasteiger partial charge in [0.05, 0.1) is 11.6 Å². The highest BCUT2D eigenvalue weighted by Crippen LogP contribution is 2.32. The minimum absolute atomic E-state index is 0.288. The van der Waals surface area contributed by atoms with Crippen molar-refractivity contribution in [2.45, 2.75) is 19.1 Å². The molecule has 0 N–H and O–H groups in total. The van der Waals surface area contributed by atoms with Crippen LogP contribution < -0.4 is 0 Å². The Labute approximate surface area is 110 Å². The van der Waals surface area contributed by atoms with E-state index in [0.717, 1.165) is 12.1 Å². The van der Waals surface area contributed by atoms with E-state index < -0.39 is 17.8 Å². The molecule has 19 heavy (non-hydrogen) atoms. The Kier molecular flexibility index (Phi) is 4.52. The molecule has 1 aromatic rings. The van der Waals surface area contributed by atoms with E-state index in [-0.39, 0.29) is 5.78 Å². The third-order valence-corrected chi connectivity index (χ3v) is 2.72. The maximum absolute atomic E-state index is 12.7. The van der Waals surface area contributed by atoms with E-state index in [9.17, 15) is 18.0 Å². The minimum Gasteiger partial charge on any atom is -0.296 e. The second-order valence-electron chi connectivity index (χ2n) is 4.63. The van der Waals surface area contributed by atoms with Crippen LogP contribution in [0.4, 0.5) is 13.2 Å². The van der Waals surface area contributed by atoms with Crippen LogP contribution in [0.1, 0.15) is 24.1 Å². The Hall–Kier alpha value is -1.62. The van der Waals surface area contributed by atoms with Gasteiger partial charge in [-0.05, 0) is 44.3 Å². The number of carbonyl (C=O) groups excluding carboxylic acids is 1. The van der Waals surface area contributed by atoms with Gasteiger partial charge < -0.3 is 0 Å². The number of benzene rings is 1. The molecule has 0 heterocycles. The predicted molar refractivity (Wildman–Crippen MR) is 67.7 cm³/mol. The van der Waals surface area contributed by atoms with E-state index in [4.69, 9.17) is 0 Å². The van der Waals surface area contributed by atoms with Crippen LogP contribution in [0.25, 0.3) is 0 Å². The zero-order valence-corrected chi connectivity index (χ0v) is 11.1. The molecule has 0 spiro atoms. The number of hydrogen-bond acceptors (Lipinski definition) is 2. The lowest BCUT2D eigenvalue weighted by atomic mass is 9.96. The molecule has 0 fully saturated rings. The molecular formula is C14H16F3NO. The highest BCUT2D eigenvalue weighted by atomic mass is 19.4. The fourth-order valence-electron chi connectivity index (χ4n) is 1.80. The van der Waals surface area contributed by atoms with Crippen molar-refractivity contribution in [1.82, 2.24) is 4.90 Å². The maximum atomic E-state index is 12.7. The lowest BCUT2D eigenvalue weighted by Gasteiger charge is -2.24. The summed E-state index contributed by atoms with van der Waals surface area (Å²) >= 11 is 0. The zero-order valence-electron chi connectivity index (χ0n) is 11.1. The van der Waals surface area contributed by atoms with Crippen LogP contribution in [0, 0.1) is 0 Å². The first-order chi connectivity index (χ1) is 8.64. The van der Waals surface area contributed by atoms with Gasteiger partial charge in [-0.3, -0.25) is 9.69 Å². The molecule has 1 rings (SSSR count). The van der Waals surface area contributed by atoms with Crippen LogP contribution in [0.5, 0.6) is 0 Å². The third-order valence-electron chi connectivity index (χ3n) is 2.72. The Bertz CT molecular complexity index is 492. The molecule has 0 amide bonds. The van der Waals surface area contributed by atoms with Gasteiger partial charge >= 0.3 is 6.18 Å². The molecule has 0 bridgehead atoms. The van der Waals surface area contributed by atoms with Gasteiger partial charge in [0.25, 0.3) is 0 Å². The first-order valence-corrected chi connectivity index (χ1v) is 5.68. The van der Waals surface area contributed by atoms with Crippen molar-refractivity contribution in [2.75, 3.05) is 14.1 Å². The fraction of sp³-hybridized carbons (Fsp3) is 0.357. The topological polar surface area (TPSA) is 20.3 Å². The molecule has 2 nitrogen and oxygen atoms in total. The van der Waals surface area contributed by atoms with E-state index in [0.29, 0.717) is 11.1 Å². The number of halogens is 3. The summed E-state index contributed by atoms with van der Waals surface area (Å²) in [6, 6.07) is 4.06. The smallest absolute Gasteiger partial charge is 0.296 e. The molecule has 104 valence electrons. The van der Waals surface area contributed by atoms with Crippen molar-refractivity contribution in [2.24, 2.45) is 0 Å². The zero-order chi connectivity index (χ0) is 14.8. The predicted octanol–water partition coefficient (Wildman–Crippen LogP) is 3.45. The monoisotopic (exact) mass is 271 g/mol. The van der Waals surface area contributed by atoms with E-state index in [2.05, 4.69) is 6.58 Å². The summed E-state index contributed by atoms with van der Waals surface area (Å²) in [6.07, 6.45) is -4.42. The lowest BCUT2D eigenvalue weighted by Crippen LogP contribution is -2.28. The number of carbonyl (C=O) groups is 1. The Morgan fingerprint density at radius 2 is 1.89 bits per heavy atom. The number of alkyl halides is 3. The second-order valence-corrected chi connectivity index (χ2v) is 4.63. The normalized spacial score (nSPS) is 13.4. The van der Waals surface area contributed by atoms with E-state index in [1.807, 2.05) is 0 Å². The Morgan fingerprint density at radius 3 is 2.32 bits per heavy atom. The number of rotatable bonds is 4. The average Bonchev–Trinajstić information content (AvgIpc) is 2.27. The summed E-state index contributed by atoms with van der Waals surface area (Å²) < 4.78 is 38.0. The summed E-state index contributed by atoms with van der Waals surface area (Å²) in [7, 11) is 3.29. The van der Waals surface area contributed by atoms with Crippen LogP contribution in [0.15, 0.2) is 36.4 Å². The molecule has 0 aliphatic rings. The minimum atomic E-state index is -4.42. The molecule has 0 aromatic heterocycles. The largest absolute Gasteiger partial charge is 0.416 e. The number of ketones is 1. The van der Waals surface area contributed by atoms with Crippen LogP contribution in [0.2, 0.25) is 0 Å². The van der Waals surface area contributed by atoms with Gasteiger partial charge in [-0.2, -0.15) is 13.2 Å². The third kappa shape index (κ3) is 3.67. The summed E-state index contributed by atoms with van der Waals surface area (Å²) in [5.41, 5.74) is -0.129. The number of Topliss-reactive ketones (excluding diaryl/α,β-unsaturated/α-hetero) is 1. The van der Waals surface area contributed by atoms with Crippen LogP contribution in [-0.4, -0.2) is 24.8 Å². The molecule has 1 unspecified atom stereocenters. The van der Waals surface area contributed by atoms with Gasteiger partial charge in [-0.15, -0.1) is 0 Å². The molecular weight excluding hydrogens is 255 g/mol. The SMILES string of the molecule is C=C(C)C(=O)C(c1cccc(C(F)(F)F)c1)N(C)C. The average molecular weight is 271 g/mol. The standard InChI is InChI=1S/C14H16F3NO/c1-9(2)13(19)12(18(3)4)10-6-5-7-11(8-10)14(15,16)17/h5-8,12H,1H2,2-4H3. The highest BCUT2D eigenvalue weighted by molar-refractivity contribution is 5.99. The Morgan fingerprint density at radius 1 is 1.32 bits per heavy atom. The van der Waals surface area contributed by atoms with E-state index >= 15 is 0 Å². The van der Waals surface area contributed by atoms with Crippen molar-refractivity contribution in [3.63, 3.8) is 0 Å². The van der Waals surface area contributed by atoms with E-state index in [1.165, 1.54) is 12.1 Å². The van der Waals surface area contributed by atoms with Crippen LogP contribution in [-0.2, 0) is 11.0 Å². The van der Waals surface area contributed by atoms with Gasteiger partial charge in [0, 0.05) is 0 Å². The maximum Gasteiger partial charge on any atom is 0.416 e. The second kappa shape index (κ2) is 5.57. The summed E-state index contributed by atoms with van der Waals surface area (Å²) in [5.74, 6) is -0.288. The number of nitrogens with zero attached hydrogens (tertiary/aromatic N) is 1. The number of likely N-dealkylation sites (N-methyl/N-ethyl adjacent to an activating group) is 1. The molecule has 0 aliphatic heterocycles. The van der Waals surface area contributed by atoms with Gasteiger partial charge in [-0.1, -0.05) is 18.7 Å². The molecule has 0 radical (unpaired) electrons. The van der Waals surface area contributed by atoms with Crippen LogP contribution >= 0.6 is 0 Å². The van der Waals surface area contributed by atoms with E-state index in [1.54, 1.807) is 25.9 Å². The van der Waals surface area contributed by atoms with Crippen molar-refractivity contribution in [1.29, 1.82) is 0 Å². The fourth-order valence-corrected chi connectivity index (χ4v) is 1.80. The summed E-state index contributed by atoms with van der Waals surface area (Å²) in [5, 5.41) is 0. The van der Waals surface area contributed by atoms with Gasteiger partial charge in [0.1, 0.15) is 0 Å². The summed E-state index contributed by atoms with van der Waals surface area (Å²) in [6.45, 7) is 5.10. The molecule has 0 aliphatic carbocycles. The van der Waals surface area contributed by atoms with Crippen molar-refractivity contribution >= 4 is 5.78 Å². The van der Waals surface area contributed by atoms with Crippen molar-refractivity contribution < 1.29 is 18.0 Å². The highest BCUT2D eigenvalue weighted by Gasteiger charge is 2.32. The first-order valence-electron chi connectivity index (χ1n) is 5.68. The molecule has 0 saturated heterocycles. The van der Waals surface area contributed by atoms with Gasteiger partial charge in [0.2, 0.25) is 0 Å². The molecule has 1 aromatic carbocycles. The van der Waals surface area contributed by atoms with Gasteiger partial charge in [-0.25, -0.2) is 0 Å². The lowest BCUT2D eigenvalue weighted by molar-refractivity contribution is -0.137. The van der Waals surface area contributed by atoms with Gasteiger partial charge in [0.15, 0.2) is 5.78 Å².